The van der Waals surface area contributed by atoms with Crippen LogP contribution >= 0.6 is 0 Å². The van der Waals surface area contributed by atoms with Crippen LogP contribution in [0.4, 0.5) is 0 Å². The fourth-order valence-electron chi connectivity index (χ4n) is 6.83. The molecule has 2 heterocycles. The number of benzene rings is 2. The molecule has 2 aromatic rings. The maximum Gasteiger partial charge on any atom is 0.335 e. The van der Waals surface area contributed by atoms with E-state index in [-0.39, 0.29) is 17.3 Å². The summed E-state index contributed by atoms with van der Waals surface area (Å²) in [6, 6.07) is 16.9. The molecule has 0 radical (unpaired) electrons. The SMILES string of the molecule is O=C(O)/C=C\C(=O)O.O=C(O)c1cccc(CN2CN(C3CCCCC3)C3(CCN(CCCC(=O)c4ccccc4)CC3)C2=O)c1. The molecule has 2 saturated heterocycles. The summed E-state index contributed by atoms with van der Waals surface area (Å²) in [6.07, 6.45) is 10.1. The normalized spacial score (nSPS) is 18.8. The molecule has 3 aliphatic rings. The zero-order valence-electron chi connectivity index (χ0n) is 26.1. The highest BCUT2D eigenvalue weighted by atomic mass is 16.4. The first kappa shape index (κ1) is 34.5. The zero-order valence-corrected chi connectivity index (χ0v) is 26.1. The van der Waals surface area contributed by atoms with E-state index in [1.54, 1.807) is 18.2 Å². The van der Waals surface area contributed by atoms with Crippen molar-refractivity contribution in [3.8, 4) is 0 Å². The van der Waals surface area contributed by atoms with E-state index >= 15 is 0 Å². The fraction of sp³-hybridized carbons (Fsp3) is 0.457. The fourth-order valence-corrected chi connectivity index (χ4v) is 6.83. The summed E-state index contributed by atoms with van der Waals surface area (Å²) in [5, 5.41) is 25.0. The Labute approximate surface area is 269 Å². The highest BCUT2D eigenvalue weighted by molar-refractivity contribution is 5.96. The molecule has 5 rings (SSSR count). The summed E-state index contributed by atoms with van der Waals surface area (Å²) >= 11 is 0. The van der Waals surface area contributed by atoms with E-state index in [9.17, 15) is 29.1 Å². The van der Waals surface area contributed by atoms with E-state index in [2.05, 4.69) is 9.80 Å². The number of hydrogen-bond acceptors (Lipinski definition) is 7. The van der Waals surface area contributed by atoms with Crippen molar-refractivity contribution < 1.29 is 39.3 Å². The zero-order chi connectivity index (χ0) is 33.1. The average molecular weight is 634 g/mol. The summed E-state index contributed by atoms with van der Waals surface area (Å²) in [6.45, 7) is 3.65. The minimum absolute atomic E-state index is 0.191. The Morgan fingerprint density at radius 1 is 0.826 bits per heavy atom. The second-order valence-electron chi connectivity index (χ2n) is 12.2. The first-order valence-corrected chi connectivity index (χ1v) is 15.9. The van der Waals surface area contributed by atoms with E-state index in [1.807, 2.05) is 41.3 Å². The Kier molecular flexibility index (Phi) is 12.2. The molecule has 246 valence electrons. The lowest BCUT2D eigenvalue weighted by Gasteiger charge is -2.46. The van der Waals surface area contributed by atoms with Crippen molar-refractivity contribution in [2.24, 2.45) is 0 Å². The predicted molar refractivity (Wildman–Crippen MR) is 170 cm³/mol. The molecule has 0 unspecified atom stereocenters. The highest BCUT2D eigenvalue weighted by Gasteiger charge is 2.55. The lowest BCUT2D eigenvalue weighted by molar-refractivity contribution is -0.137. The van der Waals surface area contributed by atoms with Gasteiger partial charge >= 0.3 is 17.9 Å². The van der Waals surface area contributed by atoms with Crippen molar-refractivity contribution in [2.45, 2.75) is 75.9 Å². The molecule has 1 aliphatic carbocycles. The third kappa shape index (κ3) is 9.11. The first-order chi connectivity index (χ1) is 22.1. The summed E-state index contributed by atoms with van der Waals surface area (Å²) in [5.74, 6) is -3.07. The Bertz CT molecular complexity index is 1400. The van der Waals surface area contributed by atoms with Crippen LogP contribution in [0.3, 0.4) is 0 Å². The van der Waals surface area contributed by atoms with E-state index < -0.39 is 23.4 Å². The Balaban J connectivity index is 0.000000533. The minimum atomic E-state index is -1.26. The number of aliphatic carboxylic acids is 2. The van der Waals surface area contributed by atoms with Crippen LogP contribution in [-0.2, 0) is 20.9 Å². The number of amides is 1. The van der Waals surface area contributed by atoms with Crippen LogP contribution in [0.1, 0.15) is 84.1 Å². The highest BCUT2D eigenvalue weighted by Crippen LogP contribution is 2.41. The van der Waals surface area contributed by atoms with Gasteiger partial charge in [-0.25, -0.2) is 14.4 Å². The van der Waals surface area contributed by atoms with Crippen LogP contribution in [0.5, 0.6) is 0 Å². The molecule has 1 saturated carbocycles. The summed E-state index contributed by atoms with van der Waals surface area (Å²) in [5.41, 5.74) is 1.42. The van der Waals surface area contributed by atoms with E-state index in [1.165, 1.54) is 19.3 Å². The molecule has 11 heteroatoms. The van der Waals surface area contributed by atoms with E-state index in [4.69, 9.17) is 10.2 Å². The number of rotatable bonds is 11. The molecule has 3 fully saturated rings. The molecule has 1 spiro atoms. The number of carbonyl (C=O) groups excluding carboxylic acids is 2. The second-order valence-corrected chi connectivity index (χ2v) is 12.2. The van der Waals surface area contributed by atoms with Gasteiger partial charge in [-0.1, -0.05) is 61.7 Å². The van der Waals surface area contributed by atoms with Crippen molar-refractivity contribution >= 4 is 29.6 Å². The molecule has 1 amide bonds. The number of likely N-dealkylation sites (tertiary alicyclic amines) is 1. The van der Waals surface area contributed by atoms with Gasteiger partial charge in [-0.2, -0.15) is 0 Å². The molecule has 3 N–H and O–H groups in total. The predicted octanol–water partition coefficient (Wildman–Crippen LogP) is 4.53. The number of nitrogens with zero attached hydrogens (tertiary/aromatic N) is 3. The van der Waals surface area contributed by atoms with Gasteiger partial charge in [-0.3, -0.25) is 14.5 Å². The first-order valence-electron chi connectivity index (χ1n) is 15.9. The van der Waals surface area contributed by atoms with Crippen LogP contribution < -0.4 is 0 Å². The number of ketones is 1. The Morgan fingerprint density at radius 3 is 2.07 bits per heavy atom. The maximum absolute atomic E-state index is 14.0. The number of carboxylic acid groups (broad SMARTS) is 3. The third-order valence-electron chi connectivity index (χ3n) is 9.15. The number of carbonyl (C=O) groups is 5. The van der Waals surface area contributed by atoms with E-state index in [0.717, 1.165) is 62.9 Å². The summed E-state index contributed by atoms with van der Waals surface area (Å²) < 4.78 is 0. The minimum Gasteiger partial charge on any atom is -0.478 e. The maximum atomic E-state index is 14.0. The number of Topliss-reactive ketones (excluding diaryl/α,β-unsaturated/α-hetero) is 1. The number of piperidine rings is 1. The monoisotopic (exact) mass is 633 g/mol. The van der Waals surface area contributed by atoms with Gasteiger partial charge in [0.15, 0.2) is 5.78 Å². The van der Waals surface area contributed by atoms with Crippen molar-refractivity contribution in [2.75, 3.05) is 26.3 Å². The Hall–Kier alpha value is -4.35. The van der Waals surface area contributed by atoms with Gasteiger partial charge in [0.2, 0.25) is 5.91 Å². The van der Waals surface area contributed by atoms with Gasteiger partial charge in [-0.05, 0) is 56.3 Å². The largest absolute Gasteiger partial charge is 0.478 e. The summed E-state index contributed by atoms with van der Waals surface area (Å²) in [7, 11) is 0. The Morgan fingerprint density at radius 2 is 1.46 bits per heavy atom. The van der Waals surface area contributed by atoms with Crippen molar-refractivity contribution in [3.05, 3.63) is 83.4 Å². The van der Waals surface area contributed by atoms with Gasteiger partial charge in [0, 0.05) is 49.8 Å². The second kappa shape index (κ2) is 16.3. The van der Waals surface area contributed by atoms with Gasteiger partial charge < -0.3 is 25.1 Å². The van der Waals surface area contributed by atoms with Crippen molar-refractivity contribution in [1.29, 1.82) is 0 Å². The van der Waals surface area contributed by atoms with Gasteiger partial charge in [0.25, 0.3) is 0 Å². The van der Waals surface area contributed by atoms with Crippen LogP contribution in [0, 0.1) is 0 Å². The molecule has 0 atom stereocenters. The summed E-state index contributed by atoms with van der Waals surface area (Å²) in [4.78, 5) is 63.9. The topological polar surface area (TPSA) is 156 Å². The molecule has 2 aliphatic heterocycles. The molecule has 2 aromatic carbocycles. The number of aromatic carboxylic acids is 1. The molecule has 0 bridgehead atoms. The van der Waals surface area contributed by atoms with Crippen LogP contribution in [-0.4, -0.2) is 97.5 Å². The molecule has 46 heavy (non-hydrogen) atoms. The average Bonchev–Trinajstić information content (AvgIpc) is 3.32. The van der Waals surface area contributed by atoms with Gasteiger partial charge in [0.05, 0.1) is 12.2 Å². The molecular weight excluding hydrogens is 590 g/mol. The number of carboxylic acids is 3. The van der Waals surface area contributed by atoms with Crippen molar-refractivity contribution in [1.82, 2.24) is 14.7 Å². The third-order valence-corrected chi connectivity index (χ3v) is 9.15. The van der Waals surface area contributed by atoms with E-state index in [0.29, 0.717) is 37.8 Å². The number of hydrogen-bond donors (Lipinski definition) is 3. The molecule has 0 aromatic heterocycles. The van der Waals surface area contributed by atoms with Crippen LogP contribution in [0.15, 0.2) is 66.7 Å². The van der Waals surface area contributed by atoms with Crippen molar-refractivity contribution in [3.63, 3.8) is 0 Å². The molecular formula is C35H43N3O8. The van der Waals surface area contributed by atoms with Gasteiger partial charge in [0.1, 0.15) is 5.54 Å². The lowest BCUT2D eigenvalue weighted by atomic mass is 9.82. The van der Waals surface area contributed by atoms with Crippen LogP contribution in [0.25, 0.3) is 0 Å². The smallest absolute Gasteiger partial charge is 0.335 e. The standard InChI is InChI=1S/C31H39N3O4.C4H4O4/c35-28(25-10-3-1-4-11-25)15-8-18-32-19-16-31(17-20-32)30(38)33(23-34(31)27-13-5-2-6-14-27)22-24-9-7-12-26(21-24)29(36)37;5-3(6)1-2-4(7)8/h1,3-4,7,9-12,21,27H,2,5-6,8,13-20,22-23H2,(H,36,37);1-2H,(H,5,6)(H,7,8)/b;2-1-. The van der Waals surface area contributed by atoms with Crippen LogP contribution in [0.2, 0.25) is 0 Å². The van der Waals surface area contributed by atoms with Gasteiger partial charge in [-0.15, -0.1) is 0 Å². The lowest BCUT2D eigenvalue weighted by Crippen LogP contribution is -2.59. The quantitative estimate of drug-likeness (QED) is 0.237. The molecule has 11 nitrogen and oxygen atoms in total.